The van der Waals surface area contributed by atoms with E-state index in [1.165, 1.54) is 0 Å². The molecule has 1 heterocycles. The molecule has 0 atom stereocenters. The molecule has 0 saturated carbocycles. The molecule has 0 unspecified atom stereocenters. The Kier molecular flexibility index (Phi) is 6.00. The zero-order chi connectivity index (χ0) is 16.7. The van der Waals surface area contributed by atoms with Crippen LogP contribution < -0.4 is 0 Å². The number of benzene rings is 1. The minimum Gasteiger partial charge on any atom is -0.478 e. The second kappa shape index (κ2) is 7.72. The number of aryl methyl sites for hydroxylation is 1. The maximum absolute atomic E-state index is 11.6. The summed E-state index contributed by atoms with van der Waals surface area (Å²) in [5, 5.41) is 20.8. The van der Waals surface area contributed by atoms with Crippen LogP contribution in [-0.4, -0.2) is 37.7 Å². The number of aliphatic carboxylic acids is 2. The fourth-order valence-electron chi connectivity index (χ4n) is 1.73. The maximum Gasteiger partial charge on any atom is 0.328 e. The van der Waals surface area contributed by atoms with Crippen LogP contribution in [0, 0.1) is 0 Å². The number of rotatable bonds is 4. The minimum absolute atomic E-state index is 0.0989. The lowest BCUT2D eigenvalue weighted by atomic mass is 10.1. The van der Waals surface area contributed by atoms with E-state index in [0.29, 0.717) is 24.3 Å². The van der Waals surface area contributed by atoms with Crippen LogP contribution in [0.15, 0.2) is 36.4 Å². The number of nitrogens with zero attached hydrogens (tertiary/aromatic N) is 2. The molecule has 2 N–H and O–H groups in total. The quantitative estimate of drug-likeness (QED) is 0.659. The van der Waals surface area contributed by atoms with Gasteiger partial charge in [0.15, 0.2) is 5.78 Å². The highest BCUT2D eigenvalue weighted by Crippen LogP contribution is 2.18. The van der Waals surface area contributed by atoms with Crippen LogP contribution in [-0.2, 0) is 16.6 Å². The van der Waals surface area contributed by atoms with Gasteiger partial charge in [-0.3, -0.25) is 9.48 Å². The molecule has 0 fully saturated rings. The van der Waals surface area contributed by atoms with E-state index in [0.717, 1.165) is 10.9 Å². The van der Waals surface area contributed by atoms with E-state index < -0.39 is 11.9 Å². The summed E-state index contributed by atoms with van der Waals surface area (Å²) < 4.78 is 1.75. The van der Waals surface area contributed by atoms with Gasteiger partial charge >= 0.3 is 11.9 Å². The number of carbonyl (C=O) groups is 3. The van der Waals surface area contributed by atoms with Crippen molar-refractivity contribution in [3.63, 3.8) is 0 Å². The molecule has 22 heavy (non-hydrogen) atoms. The van der Waals surface area contributed by atoms with Gasteiger partial charge in [0.25, 0.3) is 0 Å². The number of fused-ring (bicyclic) bond motifs is 1. The molecular formula is C15H16N2O5. The highest BCUT2D eigenvalue weighted by molar-refractivity contribution is 6.05. The van der Waals surface area contributed by atoms with Gasteiger partial charge in [0.05, 0.1) is 5.52 Å². The lowest BCUT2D eigenvalue weighted by molar-refractivity contribution is -0.134. The van der Waals surface area contributed by atoms with Crippen LogP contribution in [0.2, 0.25) is 0 Å². The first-order valence-electron chi connectivity index (χ1n) is 6.45. The third-order valence-electron chi connectivity index (χ3n) is 2.71. The van der Waals surface area contributed by atoms with Gasteiger partial charge in [0.2, 0.25) is 0 Å². The van der Waals surface area contributed by atoms with Crippen molar-refractivity contribution in [3.8, 4) is 0 Å². The normalized spacial score (nSPS) is 10.3. The SMILES string of the molecule is CCC(=O)c1nn(C)c2ccccc12.O=C(O)/C=C\C(=O)O. The average molecular weight is 304 g/mol. The molecule has 0 aliphatic carbocycles. The predicted molar refractivity (Wildman–Crippen MR) is 79.7 cm³/mol. The molecule has 7 heteroatoms. The van der Waals surface area contributed by atoms with Crippen molar-refractivity contribution in [2.24, 2.45) is 7.05 Å². The van der Waals surface area contributed by atoms with E-state index >= 15 is 0 Å². The molecule has 0 spiro atoms. The van der Waals surface area contributed by atoms with Crippen LogP contribution >= 0.6 is 0 Å². The van der Waals surface area contributed by atoms with Gasteiger partial charge in [-0.1, -0.05) is 25.1 Å². The summed E-state index contributed by atoms with van der Waals surface area (Å²) in [5.41, 5.74) is 1.59. The fourth-order valence-corrected chi connectivity index (χ4v) is 1.73. The van der Waals surface area contributed by atoms with Crippen molar-refractivity contribution in [1.29, 1.82) is 0 Å². The molecule has 7 nitrogen and oxygen atoms in total. The molecule has 0 aliphatic rings. The van der Waals surface area contributed by atoms with Gasteiger partial charge in [-0.05, 0) is 6.07 Å². The zero-order valence-corrected chi connectivity index (χ0v) is 12.2. The van der Waals surface area contributed by atoms with E-state index in [2.05, 4.69) is 5.10 Å². The monoisotopic (exact) mass is 304 g/mol. The summed E-state index contributed by atoms with van der Waals surface area (Å²) in [4.78, 5) is 30.7. The van der Waals surface area contributed by atoms with Crippen LogP contribution in [0.5, 0.6) is 0 Å². The molecule has 0 bridgehead atoms. The number of ketones is 1. The molecule has 1 aromatic heterocycles. The van der Waals surface area contributed by atoms with Crippen LogP contribution in [0.3, 0.4) is 0 Å². The molecule has 0 saturated heterocycles. The van der Waals surface area contributed by atoms with E-state index in [9.17, 15) is 14.4 Å². The fraction of sp³-hybridized carbons (Fsp3) is 0.200. The lowest BCUT2D eigenvalue weighted by Crippen LogP contribution is -1.99. The second-order valence-electron chi connectivity index (χ2n) is 4.28. The molecule has 0 aliphatic heterocycles. The first-order valence-corrected chi connectivity index (χ1v) is 6.45. The third-order valence-corrected chi connectivity index (χ3v) is 2.71. The zero-order valence-electron chi connectivity index (χ0n) is 12.2. The Morgan fingerprint density at radius 3 is 2.18 bits per heavy atom. The Morgan fingerprint density at radius 2 is 1.68 bits per heavy atom. The van der Waals surface area contributed by atoms with Gasteiger partial charge in [-0.25, -0.2) is 9.59 Å². The maximum atomic E-state index is 11.6. The van der Waals surface area contributed by atoms with Crippen molar-refractivity contribution < 1.29 is 24.6 Å². The number of Topliss-reactive ketones (excluding diaryl/α,β-unsaturated/α-hetero) is 1. The Labute approximate surface area is 126 Å². The molecular weight excluding hydrogens is 288 g/mol. The molecule has 2 aromatic rings. The van der Waals surface area contributed by atoms with Crippen molar-refractivity contribution in [3.05, 3.63) is 42.1 Å². The topological polar surface area (TPSA) is 109 Å². The summed E-state index contributed by atoms with van der Waals surface area (Å²) in [7, 11) is 1.86. The summed E-state index contributed by atoms with van der Waals surface area (Å²) in [6, 6.07) is 7.78. The van der Waals surface area contributed by atoms with Crippen LogP contribution in [0.4, 0.5) is 0 Å². The first kappa shape index (κ1) is 17.1. The molecule has 0 amide bonds. The first-order chi connectivity index (χ1) is 10.4. The number of hydrogen-bond donors (Lipinski definition) is 2. The van der Waals surface area contributed by atoms with E-state index in [1.54, 1.807) is 4.68 Å². The Bertz CT molecular complexity index is 715. The van der Waals surface area contributed by atoms with Crippen molar-refractivity contribution in [1.82, 2.24) is 9.78 Å². The summed E-state index contributed by atoms with van der Waals surface area (Å²) in [6.07, 6.45) is 1.62. The number of para-hydroxylation sites is 1. The molecule has 1 aromatic carbocycles. The standard InChI is InChI=1S/C11H12N2O.C4H4O4/c1-3-10(14)11-8-6-4-5-7-9(8)13(2)12-11;5-3(6)1-2-4(7)8/h4-7H,3H2,1-2H3;1-2H,(H,5,6)(H,7,8)/b;2-1-. The molecule has 2 rings (SSSR count). The number of carboxylic acid groups (broad SMARTS) is 2. The van der Waals surface area contributed by atoms with Crippen molar-refractivity contribution >= 4 is 28.6 Å². The predicted octanol–water partition coefficient (Wildman–Crippen LogP) is 1.88. The highest BCUT2D eigenvalue weighted by atomic mass is 16.4. The number of carboxylic acids is 2. The van der Waals surface area contributed by atoms with Crippen LogP contribution in [0.25, 0.3) is 10.9 Å². The number of hydrogen-bond acceptors (Lipinski definition) is 4. The van der Waals surface area contributed by atoms with E-state index in [-0.39, 0.29) is 5.78 Å². The van der Waals surface area contributed by atoms with Crippen molar-refractivity contribution in [2.45, 2.75) is 13.3 Å². The number of aromatic nitrogens is 2. The van der Waals surface area contributed by atoms with Gasteiger partial charge in [0.1, 0.15) is 5.69 Å². The summed E-state index contributed by atoms with van der Waals surface area (Å²) in [5.74, 6) is -2.42. The van der Waals surface area contributed by atoms with Gasteiger partial charge in [-0.15, -0.1) is 0 Å². The van der Waals surface area contributed by atoms with Gasteiger partial charge in [0, 0.05) is 31.0 Å². The second-order valence-corrected chi connectivity index (χ2v) is 4.28. The van der Waals surface area contributed by atoms with Gasteiger partial charge in [-0.2, -0.15) is 5.10 Å². The van der Waals surface area contributed by atoms with E-state index in [4.69, 9.17) is 10.2 Å². The smallest absolute Gasteiger partial charge is 0.328 e. The summed E-state index contributed by atoms with van der Waals surface area (Å²) >= 11 is 0. The Hall–Kier alpha value is -2.96. The largest absolute Gasteiger partial charge is 0.478 e. The van der Waals surface area contributed by atoms with Crippen molar-refractivity contribution in [2.75, 3.05) is 0 Å². The Morgan fingerprint density at radius 1 is 1.14 bits per heavy atom. The third kappa shape index (κ3) is 4.55. The van der Waals surface area contributed by atoms with E-state index in [1.807, 2.05) is 38.2 Å². The molecule has 116 valence electrons. The highest BCUT2D eigenvalue weighted by Gasteiger charge is 2.13. The summed E-state index contributed by atoms with van der Waals surface area (Å²) in [6.45, 7) is 1.85. The Balaban J connectivity index is 0.000000261. The lowest BCUT2D eigenvalue weighted by Gasteiger charge is -1.91. The molecule has 0 radical (unpaired) electrons. The number of carbonyl (C=O) groups excluding carboxylic acids is 1. The van der Waals surface area contributed by atoms with Crippen LogP contribution in [0.1, 0.15) is 23.8 Å². The average Bonchev–Trinajstić information content (AvgIpc) is 2.83. The minimum atomic E-state index is -1.26. The van der Waals surface area contributed by atoms with Gasteiger partial charge < -0.3 is 10.2 Å².